The van der Waals surface area contributed by atoms with Gasteiger partial charge in [-0.3, -0.25) is 14.2 Å². The molecule has 6 nitrogen and oxygen atoms in total. The average Bonchev–Trinajstić information content (AvgIpc) is 3.31. The lowest BCUT2D eigenvalue weighted by Gasteiger charge is -2.07. The number of rotatable bonds is 6. The molecule has 2 aromatic heterocycles. The van der Waals surface area contributed by atoms with E-state index in [1.165, 1.54) is 6.20 Å². The van der Waals surface area contributed by atoms with E-state index in [1.807, 2.05) is 31.2 Å². The molecule has 0 atom stereocenters. The number of hydrogen-bond acceptors (Lipinski definition) is 3. The Hall–Kier alpha value is -2.62. The van der Waals surface area contributed by atoms with Crippen molar-refractivity contribution >= 4 is 27.5 Å². The van der Waals surface area contributed by atoms with Gasteiger partial charge in [-0.1, -0.05) is 24.3 Å². The molecular weight excluding hydrogens is 463 g/mol. The third-order valence-electron chi connectivity index (χ3n) is 4.97. The smallest absolute Gasteiger partial charge is 0.322 e. The topological polar surface area (TPSA) is 64.7 Å². The van der Waals surface area contributed by atoms with E-state index in [2.05, 4.69) is 31.4 Å². The lowest BCUT2D eigenvalue weighted by Crippen LogP contribution is -2.21. The van der Waals surface area contributed by atoms with Crippen molar-refractivity contribution in [3.05, 3.63) is 63.6 Å². The Morgan fingerprint density at radius 3 is 2.70 bits per heavy atom. The van der Waals surface area contributed by atoms with Crippen molar-refractivity contribution in [1.82, 2.24) is 19.6 Å². The Bertz CT molecular complexity index is 1080. The molecule has 0 radical (unpaired) electrons. The van der Waals surface area contributed by atoms with Crippen LogP contribution in [-0.2, 0) is 24.1 Å². The SMILES string of the molecule is Cc1ccccc1Cn1cc(NC(=O)Cn2nc(C(F)(F)F)c(Br)c2C2CC2)cn1. The third-order valence-corrected chi connectivity index (χ3v) is 5.75. The van der Waals surface area contributed by atoms with Crippen LogP contribution < -0.4 is 5.32 Å². The number of aryl methyl sites for hydroxylation is 1. The zero-order valence-electron chi connectivity index (χ0n) is 16.1. The van der Waals surface area contributed by atoms with Gasteiger partial charge >= 0.3 is 6.18 Å². The molecule has 10 heteroatoms. The number of benzene rings is 1. The summed E-state index contributed by atoms with van der Waals surface area (Å²) in [6.07, 6.45) is 0.190. The molecule has 158 valence electrons. The van der Waals surface area contributed by atoms with Crippen molar-refractivity contribution in [3.63, 3.8) is 0 Å². The Morgan fingerprint density at radius 2 is 2.03 bits per heavy atom. The predicted octanol–water partition coefficient (Wildman–Crippen LogP) is 4.73. The van der Waals surface area contributed by atoms with Gasteiger partial charge in [-0.15, -0.1) is 0 Å². The number of halogens is 4. The van der Waals surface area contributed by atoms with Crippen LogP contribution in [0.2, 0.25) is 0 Å². The van der Waals surface area contributed by atoms with Crippen LogP contribution in [0.15, 0.2) is 41.1 Å². The van der Waals surface area contributed by atoms with Gasteiger partial charge in [0.1, 0.15) is 6.54 Å². The Labute approximate surface area is 179 Å². The van der Waals surface area contributed by atoms with Gasteiger partial charge in [-0.25, -0.2) is 0 Å². The largest absolute Gasteiger partial charge is 0.436 e. The zero-order chi connectivity index (χ0) is 21.5. The second kappa shape index (κ2) is 7.90. The molecule has 4 rings (SSSR count). The number of anilines is 1. The van der Waals surface area contributed by atoms with Crippen molar-refractivity contribution in [1.29, 1.82) is 0 Å². The molecule has 0 spiro atoms. The number of carbonyl (C=O) groups is 1. The van der Waals surface area contributed by atoms with E-state index in [0.29, 0.717) is 17.9 Å². The van der Waals surface area contributed by atoms with Gasteiger partial charge in [-0.05, 0) is 46.8 Å². The first-order valence-electron chi connectivity index (χ1n) is 9.42. The molecule has 0 saturated heterocycles. The first-order chi connectivity index (χ1) is 14.2. The maximum atomic E-state index is 13.2. The van der Waals surface area contributed by atoms with E-state index in [4.69, 9.17) is 0 Å². The van der Waals surface area contributed by atoms with Crippen LogP contribution in [0.5, 0.6) is 0 Å². The van der Waals surface area contributed by atoms with E-state index in [1.54, 1.807) is 10.9 Å². The van der Waals surface area contributed by atoms with Gasteiger partial charge in [0.2, 0.25) is 5.91 Å². The number of aromatic nitrogens is 4. The zero-order valence-corrected chi connectivity index (χ0v) is 17.7. The Balaban J connectivity index is 1.46. The van der Waals surface area contributed by atoms with Crippen LogP contribution >= 0.6 is 15.9 Å². The first kappa shape index (κ1) is 20.6. The summed E-state index contributed by atoms with van der Waals surface area (Å²) in [6.45, 7) is 2.26. The fourth-order valence-electron chi connectivity index (χ4n) is 3.31. The number of hydrogen-bond donors (Lipinski definition) is 1. The quantitative estimate of drug-likeness (QED) is 0.553. The molecule has 1 aromatic carbocycles. The lowest BCUT2D eigenvalue weighted by molar-refractivity contribution is -0.142. The summed E-state index contributed by atoms with van der Waals surface area (Å²) in [6, 6.07) is 7.92. The fraction of sp³-hybridized carbons (Fsp3) is 0.350. The van der Waals surface area contributed by atoms with E-state index >= 15 is 0 Å². The van der Waals surface area contributed by atoms with Gasteiger partial charge in [-0.2, -0.15) is 23.4 Å². The molecule has 30 heavy (non-hydrogen) atoms. The number of nitrogens with one attached hydrogen (secondary N) is 1. The molecule has 1 amide bonds. The number of nitrogens with zero attached hydrogens (tertiary/aromatic N) is 4. The van der Waals surface area contributed by atoms with Crippen LogP contribution in [0.4, 0.5) is 18.9 Å². The van der Waals surface area contributed by atoms with Crippen molar-refractivity contribution < 1.29 is 18.0 Å². The maximum Gasteiger partial charge on any atom is 0.436 e. The third kappa shape index (κ3) is 4.43. The van der Waals surface area contributed by atoms with E-state index < -0.39 is 17.8 Å². The summed E-state index contributed by atoms with van der Waals surface area (Å²) in [4.78, 5) is 12.5. The van der Waals surface area contributed by atoms with Crippen molar-refractivity contribution in [2.45, 2.75) is 44.9 Å². The van der Waals surface area contributed by atoms with Gasteiger partial charge in [0, 0.05) is 12.1 Å². The first-order valence-corrected chi connectivity index (χ1v) is 10.2. The average molecular weight is 482 g/mol. The van der Waals surface area contributed by atoms with Crippen LogP contribution in [0.3, 0.4) is 0 Å². The molecule has 1 saturated carbocycles. The highest BCUT2D eigenvalue weighted by Gasteiger charge is 2.41. The fourth-order valence-corrected chi connectivity index (χ4v) is 4.15. The molecule has 0 bridgehead atoms. The summed E-state index contributed by atoms with van der Waals surface area (Å²) in [5, 5.41) is 10.6. The molecule has 2 heterocycles. The van der Waals surface area contributed by atoms with Crippen molar-refractivity contribution in [2.75, 3.05) is 5.32 Å². The van der Waals surface area contributed by atoms with Crippen LogP contribution in [0, 0.1) is 6.92 Å². The molecule has 0 aliphatic heterocycles. The molecular formula is C20H19BrF3N5O. The Kier molecular flexibility index (Phi) is 5.44. The van der Waals surface area contributed by atoms with E-state index in [0.717, 1.165) is 28.7 Å². The summed E-state index contributed by atoms with van der Waals surface area (Å²) < 4.78 is 42.4. The maximum absolute atomic E-state index is 13.2. The molecule has 0 unspecified atom stereocenters. The summed E-state index contributed by atoms with van der Waals surface area (Å²) in [5.41, 5.74) is 2.14. The standard InChI is InChI=1S/C20H19BrF3N5O/c1-12-4-2-3-5-14(12)9-28-10-15(8-25-28)26-16(30)11-29-18(13-6-7-13)17(21)19(27-29)20(22,23)24/h2-5,8,10,13H,6-7,9,11H2,1H3,(H,26,30). The van der Waals surface area contributed by atoms with Gasteiger partial charge in [0.15, 0.2) is 5.69 Å². The van der Waals surface area contributed by atoms with Gasteiger partial charge < -0.3 is 5.32 Å². The van der Waals surface area contributed by atoms with Crippen LogP contribution in [0.25, 0.3) is 0 Å². The lowest BCUT2D eigenvalue weighted by atomic mass is 10.1. The van der Waals surface area contributed by atoms with E-state index in [-0.39, 0.29) is 16.9 Å². The second-order valence-electron chi connectivity index (χ2n) is 7.38. The highest BCUT2D eigenvalue weighted by Crippen LogP contribution is 2.46. The Morgan fingerprint density at radius 1 is 1.30 bits per heavy atom. The van der Waals surface area contributed by atoms with Gasteiger partial charge in [0.05, 0.1) is 28.6 Å². The normalized spacial score (nSPS) is 14.2. The van der Waals surface area contributed by atoms with Crippen LogP contribution in [0.1, 0.15) is 41.3 Å². The summed E-state index contributed by atoms with van der Waals surface area (Å²) in [5.74, 6) is -0.469. The van der Waals surface area contributed by atoms with Crippen molar-refractivity contribution in [3.8, 4) is 0 Å². The molecule has 1 fully saturated rings. The highest BCUT2D eigenvalue weighted by atomic mass is 79.9. The number of alkyl halides is 3. The van der Waals surface area contributed by atoms with Gasteiger partial charge in [0.25, 0.3) is 0 Å². The molecule has 1 N–H and O–H groups in total. The minimum absolute atomic E-state index is 0.00682. The highest BCUT2D eigenvalue weighted by molar-refractivity contribution is 9.10. The minimum atomic E-state index is -4.58. The number of carbonyl (C=O) groups excluding carboxylic acids is 1. The second-order valence-corrected chi connectivity index (χ2v) is 8.17. The molecule has 3 aromatic rings. The molecule has 1 aliphatic rings. The summed E-state index contributed by atoms with van der Waals surface area (Å²) in [7, 11) is 0. The summed E-state index contributed by atoms with van der Waals surface area (Å²) >= 11 is 3.03. The molecule has 1 aliphatic carbocycles. The van der Waals surface area contributed by atoms with Crippen molar-refractivity contribution in [2.24, 2.45) is 0 Å². The monoisotopic (exact) mass is 481 g/mol. The minimum Gasteiger partial charge on any atom is -0.322 e. The number of amides is 1. The van der Waals surface area contributed by atoms with Crippen LogP contribution in [-0.4, -0.2) is 25.5 Å². The predicted molar refractivity (Wildman–Crippen MR) is 108 cm³/mol. The van der Waals surface area contributed by atoms with E-state index in [9.17, 15) is 18.0 Å².